The van der Waals surface area contributed by atoms with Gasteiger partial charge in [0.15, 0.2) is 11.6 Å². The SMILES string of the molecule is CN1CCN(C(=O)C2CCCN(c3ncc(Cl)cc3F)C2)CC1. The topological polar surface area (TPSA) is 39.7 Å². The molecule has 1 unspecified atom stereocenters. The van der Waals surface area contributed by atoms with Crippen molar-refractivity contribution in [2.75, 3.05) is 51.2 Å². The molecule has 3 rings (SSSR count). The van der Waals surface area contributed by atoms with Crippen molar-refractivity contribution in [2.45, 2.75) is 12.8 Å². The molecule has 5 nitrogen and oxygen atoms in total. The van der Waals surface area contributed by atoms with Crippen molar-refractivity contribution in [1.29, 1.82) is 0 Å². The summed E-state index contributed by atoms with van der Waals surface area (Å²) in [6.45, 7) is 4.62. The van der Waals surface area contributed by atoms with Crippen molar-refractivity contribution in [2.24, 2.45) is 5.92 Å². The predicted octanol–water partition coefficient (Wildman–Crippen LogP) is 1.86. The molecule has 1 atom stereocenters. The fourth-order valence-electron chi connectivity index (χ4n) is 3.30. The zero-order valence-electron chi connectivity index (χ0n) is 13.3. The molecule has 126 valence electrons. The Labute approximate surface area is 141 Å². The third-order valence-electron chi connectivity index (χ3n) is 4.67. The normalized spacial score (nSPS) is 23.2. The second kappa shape index (κ2) is 7.01. The highest BCUT2D eigenvalue weighted by atomic mass is 35.5. The lowest BCUT2D eigenvalue weighted by atomic mass is 9.96. The number of hydrogen-bond donors (Lipinski definition) is 0. The van der Waals surface area contributed by atoms with Crippen LogP contribution in [-0.4, -0.2) is 67.0 Å². The molecule has 0 saturated carbocycles. The highest BCUT2D eigenvalue weighted by Crippen LogP contribution is 2.26. The van der Waals surface area contributed by atoms with Gasteiger partial charge >= 0.3 is 0 Å². The number of pyridine rings is 1. The van der Waals surface area contributed by atoms with Gasteiger partial charge in [-0.25, -0.2) is 9.37 Å². The van der Waals surface area contributed by atoms with Gasteiger partial charge in [-0.3, -0.25) is 4.79 Å². The Balaban J connectivity index is 1.67. The van der Waals surface area contributed by atoms with E-state index in [9.17, 15) is 9.18 Å². The van der Waals surface area contributed by atoms with Crippen LogP contribution in [0.1, 0.15) is 12.8 Å². The number of aromatic nitrogens is 1. The summed E-state index contributed by atoms with van der Waals surface area (Å²) in [5.74, 6) is -0.0170. The third-order valence-corrected chi connectivity index (χ3v) is 4.88. The van der Waals surface area contributed by atoms with Gasteiger partial charge in [-0.1, -0.05) is 11.6 Å². The van der Waals surface area contributed by atoms with Crippen LogP contribution in [0.5, 0.6) is 0 Å². The van der Waals surface area contributed by atoms with E-state index in [0.717, 1.165) is 45.6 Å². The summed E-state index contributed by atoms with van der Waals surface area (Å²) >= 11 is 5.76. The van der Waals surface area contributed by atoms with E-state index >= 15 is 0 Å². The van der Waals surface area contributed by atoms with Gasteiger partial charge in [-0.15, -0.1) is 0 Å². The lowest BCUT2D eigenvalue weighted by Gasteiger charge is -2.38. The Bertz CT molecular complexity index is 577. The van der Waals surface area contributed by atoms with Crippen molar-refractivity contribution >= 4 is 23.3 Å². The van der Waals surface area contributed by atoms with Crippen LogP contribution >= 0.6 is 11.6 Å². The number of halogens is 2. The highest BCUT2D eigenvalue weighted by molar-refractivity contribution is 6.30. The number of rotatable bonds is 2. The number of piperazine rings is 1. The van der Waals surface area contributed by atoms with Gasteiger partial charge in [-0.05, 0) is 26.0 Å². The summed E-state index contributed by atoms with van der Waals surface area (Å²) in [4.78, 5) is 22.9. The summed E-state index contributed by atoms with van der Waals surface area (Å²) in [7, 11) is 2.07. The predicted molar refractivity (Wildman–Crippen MR) is 88.2 cm³/mol. The largest absolute Gasteiger partial charge is 0.353 e. The van der Waals surface area contributed by atoms with Crippen molar-refractivity contribution in [3.63, 3.8) is 0 Å². The van der Waals surface area contributed by atoms with Gasteiger partial charge < -0.3 is 14.7 Å². The maximum absolute atomic E-state index is 14.1. The van der Waals surface area contributed by atoms with Crippen LogP contribution in [0.3, 0.4) is 0 Å². The van der Waals surface area contributed by atoms with E-state index in [0.29, 0.717) is 12.4 Å². The molecule has 0 N–H and O–H groups in total. The Morgan fingerprint density at radius 1 is 1.30 bits per heavy atom. The number of amides is 1. The van der Waals surface area contributed by atoms with E-state index in [4.69, 9.17) is 11.6 Å². The second-order valence-corrected chi connectivity index (χ2v) is 6.81. The minimum absolute atomic E-state index is 0.0796. The van der Waals surface area contributed by atoms with E-state index in [-0.39, 0.29) is 16.8 Å². The average Bonchev–Trinajstić information content (AvgIpc) is 2.55. The Morgan fingerprint density at radius 3 is 2.74 bits per heavy atom. The fraction of sp³-hybridized carbons (Fsp3) is 0.625. The standard InChI is InChI=1S/C16H22ClFN4O/c1-20-5-7-21(8-6-20)16(23)12-3-2-4-22(11-12)15-14(18)9-13(17)10-19-15/h9-10,12H,2-8,11H2,1H3. The summed E-state index contributed by atoms with van der Waals surface area (Å²) < 4.78 is 14.1. The number of carbonyl (C=O) groups is 1. The van der Waals surface area contributed by atoms with Gasteiger partial charge in [0, 0.05) is 45.5 Å². The zero-order chi connectivity index (χ0) is 16.4. The molecule has 0 aliphatic carbocycles. The first kappa shape index (κ1) is 16.5. The van der Waals surface area contributed by atoms with Gasteiger partial charge in [0.25, 0.3) is 0 Å². The quantitative estimate of drug-likeness (QED) is 0.824. The summed E-state index contributed by atoms with van der Waals surface area (Å²) in [5, 5.41) is 0.285. The minimum atomic E-state index is -0.426. The third kappa shape index (κ3) is 3.75. The van der Waals surface area contributed by atoms with Gasteiger partial charge in [-0.2, -0.15) is 0 Å². The number of piperidine rings is 1. The van der Waals surface area contributed by atoms with Crippen molar-refractivity contribution < 1.29 is 9.18 Å². The number of anilines is 1. The van der Waals surface area contributed by atoms with Gasteiger partial charge in [0.05, 0.1) is 10.9 Å². The fourth-order valence-corrected chi connectivity index (χ4v) is 3.44. The molecule has 1 aromatic heterocycles. The minimum Gasteiger partial charge on any atom is -0.353 e. The lowest BCUT2D eigenvalue weighted by molar-refractivity contribution is -0.137. The first-order valence-electron chi connectivity index (χ1n) is 8.08. The Morgan fingerprint density at radius 2 is 2.04 bits per heavy atom. The average molecular weight is 341 g/mol. The summed E-state index contributed by atoms with van der Waals surface area (Å²) in [6.07, 6.45) is 3.18. The van der Waals surface area contributed by atoms with Crippen LogP contribution < -0.4 is 4.90 Å². The zero-order valence-corrected chi connectivity index (χ0v) is 14.1. The molecular formula is C16H22ClFN4O. The smallest absolute Gasteiger partial charge is 0.227 e. The van der Waals surface area contributed by atoms with Crippen LogP contribution in [0.25, 0.3) is 0 Å². The molecule has 1 amide bonds. The number of likely N-dealkylation sites (N-methyl/N-ethyl adjacent to an activating group) is 1. The lowest BCUT2D eigenvalue weighted by Crippen LogP contribution is -2.51. The molecule has 1 aromatic rings. The molecule has 23 heavy (non-hydrogen) atoms. The molecule has 7 heteroatoms. The molecular weight excluding hydrogens is 319 g/mol. The summed E-state index contributed by atoms with van der Waals surface area (Å²) in [5.41, 5.74) is 0. The van der Waals surface area contributed by atoms with E-state index < -0.39 is 5.82 Å². The maximum Gasteiger partial charge on any atom is 0.227 e. The number of carbonyl (C=O) groups excluding carboxylic acids is 1. The monoisotopic (exact) mass is 340 g/mol. The molecule has 3 heterocycles. The molecule has 2 saturated heterocycles. The van der Waals surface area contributed by atoms with Crippen LogP contribution in [0, 0.1) is 11.7 Å². The van der Waals surface area contributed by atoms with E-state index in [1.165, 1.54) is 12.3 Å². The van der Waals surface area contributed by atoms with Crippen LogP contribution in [0.15, 0.2) is 12.3 Å². The van der Waals surface area contributed by atoms with Gasteiger partial charge in [0.1, 0.15) is 0 Å². The molecule has 0 aromatic carbocycles. The summed E-state index contributed by atoms with van der Waals surface area (Å²) in [6, 6.07) is 1.27. The molecule has 2 fully saturated rings. The second-order valence-electron chi connectivity index (χ2n) is 6.37. The van der Waals surface area contributed by atoms with E-state index in [1.807, 2.05) is 9.80 Å². The van der Waals surface area contributed by atoms with Crippen LogP contribution in [0.4, 0.5) is 10.2 Å². The highest BCUT2D eigenvalue weighted by Gasteiger charge is 2.31. The van der Waals surface area contributed by atoms with E-state index in [1.54, 1.807) is 0 Å². The number of nitrogens with zero attached hydrogens (tertiary/aromatic N) is 4. The van der Waals surface area contributed by atoms with E-state index in [2.05, 4.69) is 16.9 Å². The molecule has 2 aliphatic rings. The van der Waals surface area contributed by atoms with Crippen molar-refractivity contribution in [3.8, 4) is 0 Å². The molecule has 0 radical (unpaired) electrons. The Hall–Kier alpha value is -1.40. The Kier molecular flexibility index (Phi) is 5.02. The molecule has 2 aliphatic heterocycles. The van der Waals surface area contributed by atoms with Crippen LogP contribution in [0.2, 0.25) is 5.02 Å². The van der Waals surface area contributed by atoms with Crippen molar-refractivity contribution in [1.82, 2.24) is 14.8 Å². The first-order valence-corrected chi connectivity index (χ1v) is 8.45. The number of hydrogen-bond acceptors (Lipinski definition) is 4. The molecule has 0 spiro atoms. The van der Waals surface area contributed by atoms with Crippen LogP contribution in [-0.2, 0) is 4.79 Å². The first-order chi connectivity index (χ1) is 11.0. The van der Waals surface area contributed by atoms with Gasteiger partial charge in [0.2, 0.25) is 5.91 Å². The maximum atomic E-state index is 14.1. The molecule has 0 bridgehead atoms. The van der Waals surface area contributed by atoms with Crippen molar-refractivity contribution in [3.05, 3.63) is 23.1 Å².